The van der Waals surface area contributed by atoms with E-state index in [0.29, 0.717) is 16.8 Å². The van der Waals surface area contributed by atoms with E-state index in [1.54, 1.807) is 24.5 Å². The van der Waals surface area contributed by atoms with Gasteiger partial charge in [0, 0.05) is 22.7 Å². The van der Waals surface area contributed by atoms with Gasteiger partial charge in [0.1, 0.15) is 11.5 Å². The molecule has 2 heterocycles. The lowest BCUT2D eigenvalue weighted by atomic mass is 9.93. The van der Waals surface area contributed by atoms with Crippen LogP contribution in [0.15, 0.2) is 36.7 Å². The Balaban J connectivity index is 1.96. The van der Waals surface area contributed by atoms with Crippen molar-refractivity contribution in [1.29, 1.82) is 0 Å². The zero-order valence-corrected chi connectivity index (χ0v) is 15.1. The number of halogens is 1. The standard InChI is InChI=1S/C21H18FN5/c1-4-5-13-6-12(2)20(17(22)7-13)15-8-16-19(9-18(15)23-3)26-27-21(16)14-10-24-25-11-14/h6-11H,4-5H2,1-2H3,(H,24,25)(H,26,27). The molecule has 2 N–H and O–H groups in total. The molecule has 0 fully saturated rings. The van der Waals surface area contributed by atoms with Crippen molar-refractivity contribution >= 4 is 16.6 Å². The van der Waals surface area contributed by atoms with E-state index in [9.17, 15) is 4.39 Å². The molecule has 5 nitrogen and oxygen atoms in total. The molecule has 6 heteroatoms. The Kier molecular flexibility index (Phi) is 4.21. The van der Waals surface area contributed by atoms with E-state index in [1.807, 2.05) is 19.1 Å². The molecule has 0 saturated heterocycles. The van der Waals surface area contributed by atoms with Crippen LogP contribution in [0.5, 0.6) is 0 Å². The maximum absolute atomic E-state index is 15.0. The SMILES string of the molecule is [C-]#[N+]c1cc2[nH]nc(-c3cn[nH]c3)c2cc1-c1c(C)cc(CCC)cc1F. The highest BCUT2D eigenvalue weighted by Gasteiger charge is 2.18. The number of aromatic nitrogens is 4. The van der Waals surface area contributed by atoms with Crippen molar-refractivity contribution in [3.8, 4) is 22.4 Å². The molecule has 0 aliphatic heterocycles. The maximum atomic E-state index is 15.0. The molecule has 0 saturated carbocycles. The van der Waals surface area contributed by atoms with Crippen molar-refractivity contribution in [3.05, 3.63) is 65.0 Å². The second kappa shape index (κ2) is 6.69. The van der Waals surface area contributed by atoms with Crippen LogP contribution in [0.4, 0.5) is 10.1 Å². The smallest absolute Gasteiger partial charge is 0.197 e. The van der Waals surface area contributed by atoms with Crippen LogP contribution in [0.2, 0.25) is 0 Å². The summed E-state index contributed by atoms with van der Waals surface area (Å²) in [7, 11) is 0. The number of hydrogen-bond donors (Lipinski definition) is 2. The average molecular weight is 359 g/mol. The van der Waals surface area contributed by atoms with Gasteiger partial charge in [-0.1, -0.05) is 25.5 Å². The van der Waals surface area contributed by atoms with Crippen LogP contribution in [0, 0.1) is 19.3 Å². The topological polar surface area (TPSA) is 61.7 Å². The predicted molar refractivity (Wildman–Crippen MR) is 104 cm³/mol. The molecule has 0 bridgehead atoms. The highest BCUT2D eigenvalue weighted by atomic mass is 19.1. The minimum Gasteiger partial charge on any atom is -0.285 e. The predicted octanol–water partition coefficient (Wildman–Crippen LogP) is 5.57. The summed E-state index contributed by atoms with van der Waals surface area (Å²) >= 11 is 0. The molecule has 4 rings (SSSR count). The van der Waals surface area contributed by atoms with Crippen molar-refractivity contribution < 1.29 is 4.39 Å². The highest BCUT2D eigenvalue weighted by molar-refractivity contribution is 6.00. The van der Waals surface area contributed by atoms with Gasteiger partial charge in [0.25, 0.3) is 0 Å². The number of aryl methyl sites for hydroxylation is 2. The quantitative estimate of drug-likeness (QED) is 0.468. The van der Waals surface area contributed by atoms with Gasteiger partial charge in [-0.05, 0) is 42.2 Å². The number of H-pyrrole nitrogens is 2. The summed E-state index contributed by atoms with van der Waals surface area (Å²) in [6, 6.07) is 7.16. The minimum absolute atomic E-state index is 0.295. The van der Waals surface area contributed by atoms with Crippen LogP contribution < -0.4 is 0 Å². The Bertz CT molecular complexity index is 1140. The first-order valence-corrected chi connectivity index (χ1v) is 8.80. The number of nitrogens with one attached hydrogen (secondary N) is 2. The summed E-state index contributed by atoms with van der Waals surface area (Å²) in [4.78, 5) is 3.63. The van der Waals surface area contributed by atoms with Gasteiger partial charge in [0.15, 0.2) is 5.69 Å². The molecule has 0 atom stereocenters. The van der Waals surface area contributed by atoms with Crippen LogP contribution >= 0.6 is 0 Å². The number of benzene rings is 2. The zero-order valence-electron chi connectivity index (χ0n) is 15.1. The molecular formula is C21H18FN5. The van der Waals surface area contributed by atoms with Crippen molar-refractivity contribution in [2.45, 2.75) is 26.7 Å². The van der Waals surface area contributed by atoms with Crippen molar-refractivity contribution in [1.82, 2.24) is 20.4 Å². The first kappa shape index (κ1) is 17.0. The van der Waals surface area contributed by atoms with Crippen LogP contribution in [0.1, 0.15) is 24.5 Å². The Morgan fingerprint density at radius 3 is 2.74 bits per heavy atom. The summed E-state index contributed by atoms with van der Waals surface area (Å²) < 4.78 is 15.0. The zero-order chi connectivity index (χ0) is 19.0. The van der Waals surface area contributed by atoms with Crippen LogP contribution in [-0.4, -0.2) is 20.4 Å². The molecule has 0 amide bonds. The van der Waals surface area contributed by atoms with E-state index in [-0.39, 0.29) is 5.82 Å². The molecule has 0 radical (unpaired) electrons. The van der Waals surface area contributed by atoms with Gasteiger partial charge in [0.2, 0.25) is 0 Å². The van der Waals surface area contributed by atoms with Crippen LogP contribution in [-0.2, 0) is 6.42 Å². The van der Waals surface area contributed by atoms with Crippen molar-refractivity contribution in [3.63, 3.8) is 0 Å². The third-order valence-electron chi connectivity index (χ3n) is 4.73. The summed E-state index contributed by atoms with van der Waals surface area (Å²) in [5.41, 5.74) is 5.55. The molecule has 0 unspecified atom stereocenters. The fourth-order valence-electron chi connectivity index (χ4n) is 3.54. The summed E-state index contributed by atoms with van der Waals surface area (Å²) in [6.45, 7) is 11.5. The largest absolute Gasteiger partial charge is 0.285 e. The number of fused-ring (bicyclic) bond motifs is 1. The van der Waals surface area contributed by atoms with Crippen molar-refractivity contribution in [2.75, 3.05) is 0 Å². The Morgan fingerprint density at radius 1 is 1.22 bits per heavy atom. The lowest BCUT2D eigenvalue weighted by Crippen LogP contribution is -1.94. The molecular weight excluding hydrogens is 341 g/mol. The molecule has 0 aliphatic rings. The molecule has 134 valence electrons. The van der Waals surface area contributed by atoms with Gasteiger partial charge in [-0.25, -0.2) is 9.24 Å². The van der Waals surface area contributed by atoms with Crippen LogP contribution in [0.3, 0.4) is 0 Å². The first-order valence-electron chi connectivity index (χ1n) is 8.80. The van der Waals surface area contributed by atoms with Gasteiger partial charge >= 0.3 is 0 Å². The Hall–Kier alpha value is -3.46. The molecule has 0 aliphatic carbocycles. The molecule has 0 spiro atoms. The van der Waals surface area contributed by atoms with E-state index < -0.39 is 0 Å². The summed E-state index contributed by atoms with van der Waals surface area (Å²) in [6.07, 6.45) is 5.23. The monoisotopic (exact) mass is 359 g/mol. The maximum Gasteiger partial charge on any atom is 0.197 e. The van der Waals surface area contributed by atoms with E-state index in [2.05, 4.69) is 32.2 Å². The van der Waals surface area contributed by atoms with E-state index >= 15 is 0 Å². The van der Waals surface area contributed by atoms with Gasteiger partial charge in [-0.3, -0.25) is 10.2 Å². The first-order chi connectivity index (χ1) is 13.1. The third-order valence-corrected chi connectivity index (χ3v) is 4.73. The fraction of sp³-hybridized carbons (Fsp3) is 0.190. The molecule has 2 aromatic heterocycles. The summed E-state index contributed by atoms with van der Waals surface area (Å²) in [5, 5.41) is 14.9. The Morgan fingerprint density at radius 2 is 2.07 bits per heavy atom. The lowest BCUT2D eigenvalue weighted by Gasteiger charge is -2.12. The number of nitrogens with zero attached hydrogens (tertiary/aromatic N) is 3. The third kappa shape index (κ3) is 2.87. The highest BCUT2D eigenvalue weighted by Crippen LogP contribution is 2.39. The number of aromatic amines is 2. The normalized spacial score (nSPS) is 11.0. The molecule has 4 aromatic rings. The second-order valence-corrected chi connectivity index (χ2v) is 6.61. The van der Waals surface area contributed by atoms with Gasteiger partial charge < -0.3 is 0 Å². The second-order valence-electron chi connectivity index (χ2n) is 6.61. The van der Waals surface area contributed by atoms with Gasteiger partial charge in [0.05, 0.1) is 18.3 Å². The van der Waals surface area contributed by atoms with E-state index in [4.69, 9.17) is 6.57 Å². The summed E-state index contributed by atoms with van der Waals surface area (Å²) in [5.74, 6) is -0.295. The fourth-order valence-corrected chi connectivity index (χ4v) is 3.54. The minimum atomic E-state index is -0.295. The molecule has 2 aromatic carbocycles. The average Bonchev–Trinajstić information content (AvgIpc) is 3.29. The van der Waals surface area contributed by atoms with Crippen LogP contribution in [0.25, 0.3) is 38.1 Å². The lowest BCUT2D eigenvalue weighted by molar-refractivity contribution is 0.627. The van der Waals surface area contributed by atoms with Gasteiger partial charge in [-0.15, -0.1) is 0 Å². The van der Waals surface area contributed by atoms with Gasteiger partial charge in [-0.2, -0.15) is 10.2 Å². The van der Waals surface area contributed by atoms with Crippen molar-refractivity contribution in [2.24, 2.45) is 0 Å². The Labute approximate surface area is 156 Å². The number of rotatable bonds is 4. The van der Waals surface area contributed by atoms with E-state index in [1.165, 1.54) is 0 Å². The number of hydrogen-bond acceptors (Lipinski definition) is 2. The molecule has 27 heavy (non-hydrogen) atoms. The van der Waals surface area contributed by atoms with E-state index in [0.717, 1.165) is 46.1 Å².